The van der Waals surface area contributed by atoms with Gasteiger partial charge in [-0.3, -0.25) is 0 Å². The van der Waals surface area contributed by atoms with E-state index in [-0.39, 0.29) is 17.2 Å². The summed E-state index contributed by atoms with van der Waals surface area (Å²) >= 11 is 5.81. The van der Waals surface area contributed by atoms with Crippen LogP contribution in [-0.2, 0) is 11.2 Å². The Bertz CT molecular complexity index is 332. The van der Waals surface area contributed by atoms with Crippen LogP contribution in [0.2, 0.25) is 5.02 Å². The Morgan fingerprint density at radius 1 is 1.53 bits per heavy atom. The van der Waals surface area contributed by atoms with E-state index < -0.39 is 5.82 Å². The third-order valence-electron chi connectivity index (χ3n) is 2.46. The molecule has 0 spiro atoms. The van der Waals surface area contributed by atoms with Crippen molar-refractivity contribution in [3.8, 4) is 0 Å². The first-order valence-electron chi connectivity index (χ1n) is 4.77. The summed E-state index contributed by atoms with van der Waals surface area (Å²) in [6.45, 7) is 1.87. The summed E-state index contributed by atoms with van der Waals surface area (Å²) in [4.78, 5) is 0. The molecular formula is C11H15ClFNO. The van der Waals surface area contributed by atoms with Crippen LogP contribution < -0.4 is 5.73 Å². The Hall–Kier alpha value is -0.640. The Morgan fingerprint density at radius 2 is 2.20 bits per heavy atom. The molecule has 1 aromatic rings. The smallest absolute Gasteiger partial charge is 0.142 e. The molecule has 0 bridgehead atoms. The number of nitrogens with two attached hydrogens (primary N) is 1. The second kappa shape index (κ2) is 5.45. The van der Waals surface area contributed by atoms with Crippen molar-refractivity contribution in [2.75, 3.05) is 7.11 Å². The zero-order chi connectivity index (χ0) is 11.4. The SMILES string of the molecule is COC(C)C(N)Cc1cccc(F)c1Cl. The third-order valence-corrected chi connectivity index (χ3v) is 2.89. The maximum absolute atomic E-state index is 13.1. The first-order chi connectivity index (χ1) is 7.06. The second-order valence-corrected chi connectivity index (χ2v) is 3.90. The zero-order valence-electron chi connectivity index (χ0n) is 8.84. The molecule has 2 nitrogen and oxygen atoms in total. The quantitative estimate of drug-likeness (QED) is 0.864. The summed E-state index contributed by atoms with van der Waals surface area (Å²) in [5.74, 6) is -0.411. The van der Waals surface area contributed by atoms with E-state index in [4.69, 9.17) is 22.1 Å². The minimum absolute atomic E-state index is 0.0793. The average molecular weight is 232 g/mol. The van der Waals surface area contributed by atoms with Gasteiger partial charge in [-0.15, -0.1) is 0 Å². The summed E-state index contributed by atoms with van der Waals surface area (Å²) in [6, 6.07) is 4.54. The topological polar surface area (TPSA) is 35.2 Å². The van der Waals surface area contributed by atoms with Crippen molar-refractivity contribution in [3.05, 3.63) is 34.6 Å². The molecule has 0 aliphatic heterocycles. The predicted molar refractivity (Wildman–Crippen MR) is 59.6 cm³/mol. The summed E-state index contributed by atoms with van der Waals surface area (Å²) in [5, 5.41) is 0.149. The molecule has 0 fully saturated rings. The number of methoxy groups -OCH3 is 1. The fourth-order valence-corrected chi connectivity index (χ4v) is 1.50. The molecule has 2 atom stereocenters. The Labute approximate surface area is 94.2 Å². The number of benzene rings is 1. The molecule has 1 aromatic carbocycles. The fraction of sp³-hybridized carbons (Fsp3) is 0.455. The van der Waals surface area contributed by atoms with Gasteiger partial charge in [0.1, 0.15) is 5.82 Å². The standard InChI is InChI=1S/C11H15ClFNO/c1-7(15-2)10(14)6-8-4-3-5-9(13)11(8)12/h3-5,7,10H,6,14H2,1-2H3. The Kier molecular flexibility index (Phi) is 4.51. The summed E-state index contributed by atoms with van der Waals surface area (Å²) in [7, 11) is 1.59. The van der Waals surface area contributed by atoms with E-state index in [9.17, 15) is 4.39 Å². The highest BCUT2D eigenvalue weighted by Crippen LogP contribution is 2.21. The summed E-state index contributed by atoms with van der Waals surface area (Å²) < 4.78 is 18.2. The lowest BCUT2D eigenvalue weighted by molar-refractivity contribution is 0.0956. The third kappa shape index (κ3) is 3.16. The molecule has 2 N–H and O–H groups in total. The highest BCUT2D eigenvalue weighted by Gasteiger charge is 2.15. The highest BCUT2D eigenvalue weighted by molar-refractivity contribution is 6.31. The zero-order valence-corrected chi connectivity index (χ0v) is 9.59. The van der Waals surface area contributed by atoms with E-state index in [2.05, 4.69) is 0 Å². The van der Waals surface area contributed by atoms with Gasteiger partial charge in [0, 0.05) is 13.2 Å². The Morgan fingerprint density at radius 3 is 2.80 bits per heavy atom. The van der Waals surface area contributed by atoms with Gasteiger partial charge in [0.05, 0.1) is 11.1 Å². The molecule has 0 saturated carbocycles. The van der Waals surface area contributed by atoms with Crippen LogP contribution in [0.15, 0.2) is 18.2 Å². The first kappa shape index (κ1) is 12.4. The van der Waals surface area contributed by atoms with Crippen LogP contribution in [-0.4, -0.2) is 19.3 Å². The molecule has 2 unspecified atom stereocenters. The summed E-state index contributed by atoms with van der Waals surface area (Å²) in [6.07, 6.45) is 0.426. The van der Waals surface area contributed by atoms with Crippen molar-refractivity contribution in [2.45, 2.75) is 25.5 Å². The average Bonchev–Trinajstić information content (AvgIpc) is 2.23. The van der Waals surface area contributed by atoms with Crippen LogP contribution in [0.1, 0.15) is 12.5 Å². The lowest BCUT2D eigenvalue weighted by atomic mass is 10.0. The largest absolute Gasteiger partial charge is 0.380 e. The van der Waals surface area contributed by atoms with Gasteiger partial charge >= 0.3 is 0 Å². The Balaban J connectivity index is 2.76. The molecule has 84 valence electrons. The normalized spacial score (nSPS) is 15.0. The van der Waals surface area contributed by atoms with E-state index >= 15 is 0 Å². The van der Waals surface area contributed by atoms with Gasteiger partial charge in [-0.2, -0.15) is 0 Å². The van der Waals surface area contributed by atoms with Gasteiger partial charge < -0.3 is 10.5 Å². The number of ether oxygens (including phenoxy) is 1. The van der Waals surface area contributed by atoms with Gasteiger partial charge in [0.25, 0.3) is 0 Å². The number of halogens is 2. The van der Waals surface area contributed by atoms with Gasteiger partial charge in [0.2, 0.25) is 0 Å². The minimum Gasteiger partial charge on any atom is -0.380 e. The predicted octanol–water partition coefficient (Wildman–Crippen LogP) is 2.38. The molecule has 4 heteroatoms. The second-order valence-electron chi connectivity index (χ2n) is 3.52. The molecule has 0 radical (unpaired) electrons. The van der Waals surface area contributed by atoms with Crippen molar-refractivity contribution in [1.82, 2.24) is 0 Å². The molecule has 0 amide bonds. The van der Waals surface area contributed by atoms with Crippen molar-refractivity contribution in [2.24, 2.45) is 5.73 Å². The lowest BCUT2D eigenvalue weighted by Crippen LogP contribution is -2.35. The monoisotopic (exact) mass is 231 g/mol. The maximum atomic E-state index is 13.1. The first-order valence-corrected chi connectivity index (χ1v) is 5.15. The van der Waals surface area contributed by atoms with Gasteiger partial charge in [-0.05, 0) is 25.0 Å². The van der Waals surface area contributed by atoms with Crippen LogP contribution in [0.3, 0.4) is 0 Å². The van der Waals surface area contributed by atoms with Crippen LogP contribution in [0.5, 0.6) is 0 Å². The van der Waals surface area contributed by atoms with E-state index in [0.717, 1.165) is 0 Å². The molecule has 0 aliphatic carbocycles. The van der Waals surface area contributed by atoms with E-state index in [1.54, 1.807) is 19.2 Å². The molecule has 0 aromatic heterocycles. The molecule has 15 heavy (non-hydrogen) atoms. The minimum atomic E-state index is -0.411. The van der Waals surface area contributed by atoms with Crippen LogP contribution >= 0.6 is 11.6 Å². The fourth-order valence-electron chi connectivity index (χ4n) is 1.30. The maximum Gasteiger partial charge on any atom is 0.142 e. The molecule has 1 rings (SSSR count). The van der Waals surface area contributed by atoms with Crippen LogP contribution in [0.4, 0.5) is 4.39 Å². The van der Waals surface area contributed by atoms with E-state index in [1.807, 2.05) is 6.92 Å². The van der Waals surface area contributed by atoms with Crippen molar-refractivity contribution in [1.29, 1.82) is 0 Å². The lowest BCUT2D eigenvalue weighted by Gasteiger charge is -2.18. The van der Waals surface area contributed by atoms with E-state index in [0.29, 0.717) is 12.0 Å². The number of hydrogen-bond acceptors (Lipinski definition) is 2. The van der Waals surface area contributed by atoms with E-state index in [1.165, 1.54) is 6.07 Å². The van der Waals surface area contributed by atoms with Crippen LogP contribution in [0, 0.1) is 5.82 Å². The highest BCUT2D eigenvalue weighted by atomic mass is 35.5. The van der Waals surface area contributed by atoms with Crippen molar-refractivity contribution in [3.63, 3.8) is 0 Å². The molecule has 0 heterocycles. The van der Waals surface area contributed by atoms with Gasteiger partial charge in [-0.25, -0.2) is 4.39 Å². The van der Waals surface area contributed by atoms with Crippen molar-refractivity contribution >= 4 is 11.6 Å². The number of hydrogen-bond donors (Lipinski definition) is 1. The van der Waals surface area contributed by atoms with Gasteiger partial charge in [-0.1, -0.05) is 23.7 Å². The van der Waals surface area contributed by atoms with Gasteiger partial charge in [0.15, 0.2) is 0 Å². The van der Waals surface area contributed by atoms with Crippen LogP contribution in [0.25, 0.3) is 0 Å². The summed E-state index contributed by atoms with van der Waals surface area (Å²) in [5.41, 5.74) is 6.59. The molecule has 0 aliphatic rings. The molecule has 0 saturated heterocycles. The van der Waals surface area contributed by atoms with Crippen molar-refractivity contribution < 1.29 is 9.13 Å². The number of rotatable bonds is 4. The molecular weight excluding hydrogens is 217 g/mol.